The Hall–Kier alpha value is -0.770. The second kappa shape index (κ2) is 5.53. The van der Waals surface area contributed by atoms with Gasteiger partial charge in [0.2, 0.25) is 0 Å². The van der Waals surface area contributed by atoms with Gasteiger partial charge in [0.05, 0.1) is 0 Å². The average molecular weight is 225 g/mol. The summed E-state index contributed by atoms with van der Waals surface area (Å²) in [5.41, 5.74) is 6.02. The minimum Gasteiger partial charge on any atom is -0.334 e. The van der Waals surface area contributed by atoms with E-state index in [0.29, 0.717) is 0 Å². The number of hydrogen-bond donors (Lipinski definition) is 2. The molecule has 1 aliphatic carbocycles. The van der Waals surface area contributed by atoms with E-state index in [1.54, 1.807) is 0 Å². The molecule has 0 aromatic rings. The van der Waals surface area contributed by atoms with Crippen LogP contribution in [0.1, 0.15) is 44.9 Å². The lowest BCUT2D eigenvalue weighted by atomic mass is 9.91. The lowest BCUT2D eigenvalue weighted by Crippen LogP contribution is -2.53. The summed E-state index contributed by atoms with van der Waals surface area (Å²) < 4.78 is 0. The largest absolute Gasteiger partial charge is 0.334 e. The Labute approximate surface area is 97.6 Å². The number of carbonyl (C=O) groups excluding carboxylic acids is 1. The van der Waals surface area contributed by atoms with Crippen molar-refractivity contribution in [1.82, 2.24) is 10.2 Å². The second-order valence-corrected chi connectivity index (χ2v) is 5.05. The smallest absolute Gasteiger partial charge is 0.317 e. The van der Waals surface area contributed by atoms with Crippen molar-refractivity contribution < 1.29 is 4.79 Å². The van der Waals surface area contributed by atoms with Crippen molar-refractivity contribution in [3.63, 3.8) is 0 Å². The summed E-state index contributed by atoms with van der Waals surface area (Å²) in [5.74, 6) is 0. The van der Waals surface area contributed by atoms with Crippen LogP contribution in [0, 0.1) is 0 Å². The molecular weight excluding hydrogens is 202 g/mol. The van der Waals surface area contributed by atoms with E-state index in [1.165, 1.54) is 19.3 Å². The Morgan fingerprint density at radius 3 is 2.44 bits per heavy atom. The number of carbonyl (C=O) groups is 1. The van der Waals surface area contributed by atoms with Gasteiger partial charge >= 0.3 is 6.03 Å². The molecule has 0 spiro atoms. The van der Waals surface area contributed by atoms with Gasteiger partial charge in [-0.25, -0.2) is 4.79 Å². The van der Waals surface area contributed by atoms with Crippen LogP contribution in [0.4, 0.5) is 4.79 Å². The second-order valence-electron chi connectivity index (χ2n) is 5.05. The predicted octanol–water partition coefficient (Wildman–Crippen LogP) is 1.45. The molecule has 4 nitrogen and oxygen atoms in total. The molecule has 4 heteroatoms. The van der Waals surface area contributed by atoms with E-state index in [2.05, 4.69) is 5.32 Å². The van der Waals surface area contributed by atoms with Crippen LogP contribution in [-0.4, -0.2) is 36.1 Å². The molecule has 2 fully saturated rings. The van der Waals surface area contributed by atoms with E-state index >= 15 is 0 Å². The van der Waals surface area contributed by atoms with Crippen LogP contribution in [0.3, 0.4) is 0 Å². The molecule has 2 amide bonds. The molecule has 1 heterocycles. The number of nitrogens with one attached hydrogen (secondary N) is 1. The first-order valence-electron chi connectivity index (χ1n) is 6.58. The van der Waals surface area contributed by atoms with E-state index in [0.717, 1.165) is 38.8 Å². The fraction of sp³-hybridized carbons (Fsp3) is 0.917. The van der Waals surface area contributed by atoms with Crippen molar-refractivity contribution in [2.45, 2.75) is 57.0 Å². The topological polar surface area (TPSA) is 58.4 Å². The fourth-order valence-corrected chi connectivity index (χ4v) is 2.69. The van der Waals surface area contributed by atoms with Crippen LogP contribution in [0.2, 0.25) is 0 Å². The standard InChI is InChI=1S/C12H23N3O/c13-10-6-2-3-7-11(10)14-12(16)15-8-4-1-5-9-15/h10-11H,1-9,13H2,(H,14,16). The number of piperidine rings is 1. The summed E-state index contributed by atoms with van der Waals surface area (Å²) in [6.07, 6.45) is 8.03. The molecule has 2 rings (SSSR count). The maximum atomic E-state index is 12.0. The summed E-state index contributed by atoms with van der Waals surface area (Å²) in [4.78, 5) is 13.9. The highest BCUT2D eigenvalue weighted by Crippen LogP contribution is 2.17. The quantitative estimate of drug-likeness (QED) is 0.709. The SMILES string of the molecule is NC1CCCCC1NC(=O)N1CCCCC1. The summed E-state index contributed by atoms with van der Waals surface area (Å²) >= 11 is 0. The average Bonchev–Trinajstić information content (AvgIpc) is 2.33. The molecule has 92 valence electrons. The molecule has 2 atom stereocenters. The number of amides is 2. The monoisotopic (exact) mass is 225 g/mol. The van der Waals surface area contributed by atoms with Crippen LogP contribution in [-0.2, 0) is 0 Å². The molecule has 0 bridgehead atoms. The zero-order valence-electron chi connectivity index (χ0n) is 9.95. The van der Waals surface area contributed by atoms with Gasteiger partial charge in [-0.05, 0) is 32.1 Å². The highest BCUT2D eigenvalue weighted by Gasteiger charge is 2.25. The molecule has 0 aromatic heterocycles. The van der Waals surface area contributed by atoms with Gasteiger partial charge in [-0.1, -0.05) is 12.8 Å². The summed E-state index contributed by atoms with van der Waals surface area (Å²) in [6.45, 7) is 1.82. The molecule has 16 heavy (non-hydrogen) atoms. The van der Waals surface area contributed by atoms with Gasteiger partial charge in [-0.2, -0.15) is 0 Å². The lowest BCUT2D eigenvalue weighted by molar-refractivity contribution is 0.177. The zero-order chi connectivity index (χ0) is 11.4. The van der Waals surface area contributed by atoms with Crippen molar-refractivity contribution in [2.24, 2.45) is 5.73 Å². The fourth-order valence-electron chi connectivity index (χ4n) is 2.69. The van der Waals surface area contributed by atoms with Crippen molar-refractivity contribution in [3.05, 3.63) is 0 Å². The number of nitrogens with two attached hydrogens (primary N) is 1. The Kier molecular flexibility index (Phi) is 4.04. The number of likely N-dealkylation sites (tertiary alicyclic amines) is 1. The van der Waals surface area contributed by atoms with Crippen LogP contribution in [0.15, 0.2) is 0 Å². The number of nitrogens with zero attached hydrogens (tertiary/aromatic N) is 1. The van der Waals surface area contributed by atoms with Gasteiger partial charge in [0.15, 0.2) is 0 Å². The Morgan fingerprint density at radius 1 is 1.06 bits per heavy atom. The van der Waals surface area contributed by atoms with Crippen molar-refractivity contribution in [3.8, 4) is 0 Å². The molecule has 2 unspecified atom stereocenters. The maximum absolute atomic E-state index is 12.0. The molecular formula is C12H23N3O. The van der Waals surface area contributed by atoms with Crippen LogP contribution < -0.4 is 11.1 Å². The Morgan fingerprint density at radius 2 is 1.75 bits per heavy atom. The number of urea groups is 1. The third-order valence-electron chi connectivity index (χ3n) is 3.77. The van der Waals surface area contributed by atoms with Crippen molar-refractivity contribution >= 4 is 6.03 Å². The van der Waals surface area contributed by atoms with Gasteiger partial charge in [-0.3, -0.25) is 0 Å². The van der Waals surface area contributed by atoms with Gasteiger partial charge in [0.25, 0.3) is 0 Å². The van der Waals surface area contributed by atoms with Crippen LogP contribution >= 0.6 is 0 Å². The van der Waals surface area contributed by atoms with Crippen LogP contribution in [0.25, 0.3) is 0 Å². The molecule has 1 saturated carbocycles. The van der Waals surface area contributed by atoms with Crippen molar-refractivity contribution in [1.29, 1.82) is 0 Å². The minimum absolute atomic E-state index is 0.0991. The van der Waals surface area contributed by atoms with E-state index < -0.39 is 0 Å². The van der Waals surface area contributed by atoms with E-state index in [1.807, 2.05) is 4.90 Å². The first-order chi connectivity index (χ1) is 7.77. The molecule has 3 N–H and O–H groups in total. The lowest BCUT2D eigenvalue weighted by Gasteiger charge is -2.33. The summed E-state index contributed by atoms with van der Waals surface area (Å²) in [6, 6.07) is 0.452. The minimum atomic E-state index is 0.0991. The zero-order valence-corrected chi connectivity index (χ0v) is 9.95. The van der Waals surface area contributed by atoms with E-state index in [4.69, 9.17) is 5.73 Å². The third kappa shape index (κ3) is 2.88. The third-order valence-corrected chi connectivity index (χ3v) is 3.77. The molecule has 1 aliphatic heterocycles. The number of hydrogen-bond acceptors (Lipinski definition) is 2. The highest BCUT2D eigenvalue weighted by molar-refractivity contribution is 5.74. The number of rotatable bonds is 1. The molecule has 0 radical (unpaired) electrons. The predicted molar refractivity (Wildman–Crippen MR) is 64.2 cm³/mol. The molecule has 2 aliphatic rings. The van der Waals surface area contributed by atoms with E-state index in [-0.39, 0.29) is 18.1 Å². The van der Waals surface area contributed by atoms with E-state index in [9.17, 15) is 4.79 Å². The Balaban J connectivity index is 1.80. The van der Waals surface area contributed by atoms with Crippen LogP contribution in [0.5, 0.6) is 0 Å². The maximum Gasteiger partial charge on any atom is 0.317 e. The summed E-state index contributed by atoms with van der Waals surface area (Å²) in [5, 5.41) is 3.10. The first kappa shape index (κ1) is 11.7. The van der Waals surface area contributed by atoms with Crippen molar-refractivity contribution in [2.75, 3.05) is 13.1 Å². The molecule has 1 saturated heterocycles. The van der Waals surface area contributed by atoms with Gasteiger partial charge in [-0.15, -0.1) is 0 Å². The van der Waals surface area contributed by atoms with Gasteiger partial charge in [0, 0.05) is 25.2 Å². The van der Waals surface area contributed by atoms with Gasteiger partial charge in [0.1, 0.15) is 0 Å². The Bertz CT molecular complexity index is 238. The summed E-state index contributed by atoms with van der Waals surface area (Å²) in [7, 11) is 0. The first-order valence-corrected chi connectivity index (χ1v) is 6.58. The normalized spacial score (nSPS) is 31.2. The molecule has 0 aromatic carbocycles. The van der Waals surface area contributed by atoms with Gasteiger partial charge < -0.3 is 16.0 Å². The highest BCUT2D eigenvalue weighted by atomic mass is 16.2.